The van der Waals surface area contributed by atoms with Crippen molar-refractivity contribution in [2.75, 3.05) is 5.32 Å². The summed E-state index contributed by atoms with van der Waals surface area (Å²) in [7, 11) is 0. The third-order valence-electron chi connectivity index (χ3n) is 7.54. The van der Waals surface area contributed by atoms with Crippen LogP contribution in [0.4, 0.5) is 10.7 Å². The highest BCUT2D eigenvalue weighted by Gasteiger charge is 2.33. The summed E-state index contributed by atoms with van der Waals surface area (Å²) in [6.07, 6.45) is 4.95. The molecule has 0 aliphatic heterocycles. The molecule has 1 atom stereocenters. The Morgan fingerprint density at radius 2 is 1.73 bits per heavy atom. The fourth-order valence-corrected chi connectivity index (χ4v) is 6.64. The van der Waals surface area contributed by atoms with E-state index in [9.17, 15) is 4.79 Å². The maximum absolute atomic E-state index is 13.6. The summed E-state index contributed by atoms with van der Waals surface area (Å²) in [5.41, 5.74) is 7.46. The first-order chi connectivity index (χ1) is 17.7. The first-order valence-corrected chi connectivity index (χ1v) is 13.8. The van der Waals surface area contributed by atoms with E-state index in [-0.39, 0.29) is 11.3 Å². The van der Waals surface area contributed by atoms with E-state index in [0.717, 1.165) is 58.2 Å². The molecule has 0 fully saturated rings. The number of aryl methyl sites for hydroxylation is 1. The summed E-state index contributed by atoms with van der Waals surface area (Å²) in [4.78, 5) is 19.9. The minimum atomic E-state index is -0.0696. The number of rotatable bonds is 5. The lowest BCUT2D eigenvalue weighted by Crippen LogP contribution is -2.27. The Morgan fingerprint density at radius 1 is 1.05 bits per heavy atom. The van der Waals surface area contributed by atoms with Crippen LogP contribution in [0.1, 0.15) is 64.9 Å². The second-order valence-corrected chi connectivity index (χ2v) is 12.1. The van der Waals surface area contributed by atoms with Crippen LogP contribution in [-0.4, -0.2) is 16.7 Å². The number of aromatic nitrogens is 1. The van der Waals surface area contributed by atoms with Gasteiger partial charge in [0.15, 0.2) is 0 Å². The summed E-state index contributed by atoms with van der Waals surface area (Å²) < 4.78 is 2.25. The number of aliphatic imine (C=N–C) groups is 1. The molecule has 2 aromatic heterocycles. The zero-order chi connectivity index (χ0) is 26.2. The Balaban J connectivity index is 1.52. The van der Waals surface area contributed by atoms with E-state index in [1.807, 2.05) is 42.6 Å². The van der Waals surface area contributed by atoms with Crippen molar-refractivity contribution in [2.24, 2.45) is 16.3 Å². The van der Waals surface area contributed by atoms with Gasteiger partial charge < -0.3 is 9.88 Å². The average Bonchev–Trinajstić information content (AvgIpc) is 3.38. The minimum Gasteiger partial charge on any atom is -0.322 e. The third kappa shape index (κ3) is 5.19. The first-order valence-electron chi connectivity index (χ1n) is 13.0. The molecule has 0 bridgehead atoms. The number of nitrogens with one attached hydrogen (secondary N) is 1. The molecule has 1 aliphatic rings. The molecule has 4 aromatic rings. The summed E-state index contributed by atoms with van der Waals surface area (Å²) in [6, 6.07) is 22.2. The maximum atomic E-state index is 13.6. The summed E-state index contributed by atoms with van der Waals surface area (Å²) in [6.45, 7) is 11.2. The second kappa shape index (κ2) is 10.1. The lowest BCUT2D eigenvalue weighted by molar-refractivity contribution is 0.102. The van der Waals surface area contributed by atoms with E-state index in [1.54, 1.807) is 11.3 Å². The van der Waals surface area contributed by atoms with Gasteiger partial charge in [0.05, 0.1) is 5.56 Å². The van der Waals surface area contributed by atoms with Crippen molar-refractivity contribution >= 4 is 34.1 Å². The van der Waals surface area contributed by atoms with Gasteiger partial charge in [0, 0.05) is 39.4 Å². The van der Waals surface area contributed by atoms with Crippen LogP contribution >= 0.6 is 11.3 Å². The number of amides is 1. The van der Waals surface area contributed by atoms with E-state index in [0.29, 0.717) is 5.92 Å². The predicted molar refractivity (Wildman–Crippen MR) is 156 cm³/mol. The lowest BCUT2D eigenvalue weighted by atomic mass is 9.72. The Morgan fingerprint density at radius 3 is 2.41 bits per heavy atom. The molecule has 0 spiro atoms. The number of para-hydroxylation sites is 2. The Labute approximate surface area is 224 Å². The van der Waals surface area contributed by atoms with Gasteiger partial charge in [-0.1, -0.05) is 57.2 Å². The van der Waals surface area contributed by atoms with E-state index >= 15 is 0 Å². The van der Waals surface area contributed by atoms with Crippen molar-refractivity contribution in [2.45, 2.75) is 53.9 Å². The fourth-order valence-electron chi connectivity index (χ4n) is 5.37. The summed E-state index contributed by atoms with van der Waals surface area (Å²) in [5, 5.41) is 3.91. The molecule has 2 heterocycles. The molecule has 1 amide bonds. The van der Waals surface area contributed by atoms with Crippen molar-refractivity contribution in [1.82, 2.24) is 4.57 Å². The number of benzene rings is 2. The molecule has 37 heavy (non-hydrogen) atoms. The van der Waals surface area contributed by atoms with Crippen molar-refractivity contribution in [3.63, 3.8) is 0 Å². The van der Waals surface area contributed by atoms with Gasteiger partial charge in [0.25, 0.3) is 5.91 Å². The SMILES string of the molecule is Cc1cc(C=Nc2sc3c(c2C(=O)Nc2ccccc2)CC[C@H](C(C)(C)C)C3)c(C)n1-c1ccccc1. The Bertz CT molecular complexity index is 1440. The van der Waals surface area contributed by atoms with E-state index < -0.39 is 0 Å². The van der Waals surface area contributed by atoms with Crippen LogP contribution < -0.4 is 5.32 Å². The molecule has 5 rings (SSSR count). The van der Waals surface area contributed by atoms with Crippen LogP contribution in [0.25, 0.3) is 5.69 Å². The Kier molecular flexibility index (Phi) is 6.91. The largest absolute Gasteiger partial charge is 0.322 e. The highest BCUT2D eigenvalue weighted by atomic mass is 32.1. The second-order valence-electron chi connectivity index (χ2n) is 11.1. The maximum Gasteiger partial charge on any atom is 0.259 e. The van der Waals surface area contributed by atoms with Crippen molar-refractivity contribution in [1.29, 1.82) is 0 Å². The molecule has 1 aliphatic carbocycles. The number of nitrogens with zero attached hydrogens (tertiary/aromatic N) is 2. The van der Waals surface area contributed by atoms with E-state index in [4.69, 9.17) is 4.99 Å². The van der Waals surface area contributed by atoms with Gasteiger partial charge in [-0.25, -0.2) is 4.99 Å². The molecule has 0 saturated heterocycles. The van der Waals surface area contributed by atoms with Gasteiger partial charge in [-0.3, -0.25) is 4.79 Å². The van der Waals surface area contributed by atoms with Crippen molar-refractivity contribution < 1.29 is 4.79 Å². The number of fused-ring (bicyclic) bond motifs is 1. The molecule has 0 unspecified atom stereocenters. The van der Waals surface area contributed by atoms with Gasteiger partial charge >= 0.3 is 0 Å². The van der Waals surface area contributed by atoms with Crippen LogP contribution in [0.2, 0.25) is 0 Å². The van der Waals surface area contributed by atoms with Crippen LogP contribution in [0.15, 0.2) is 71.7 Å². The summed E-state index contributed by atoms with van der Waals surface area (Å²) in [5.74, 6) is 0.533. The molecular formula is C32H35N3OS. The first kappa shape index (κ1) is 25.2. The van der Waals surface area contributed by atoms with Gasteiger partial charge in [-0.05, 0) is 80.3 Å². The number of thiophene rings is 1. The molecule has 2 aromatic carbocycles. The van der Waals surface area contributed by atoms with E-state index in [2.05, 4.69) is 74.8 Å². The standard InChI is InChI=1S/C32H35N3OS/c1-21-18-23(22(2)35(21)26-14-10-7-11-15-26)20-33-31-29(30(36)34-25-12-8-6-9-13-25)27-17-16-24(32(3,4)5)19-28(27)37-31/h6-15,18,20,24H,16-17,19H2,1-5H3,(H,34,36)/t24-/m0/s1. The Hall–Kier alpha value is -3.44. The van der Waals surface area contributed by atoms with Crippen molar-refractivity contribution in [3.05, 3.63) is 99.7 Å². The van der Waals surface area contributed by atoms with Crippen LogP contribution in [0.5, 0.6) is 0 Å². The fraction of sp³-hybridized carbons (Fsp3) is 0.312. The number of anilines is 1. The zero-order valence-electron chi connectivity index (χ0n) is 22.3. The van der Waals surface area contributed by atoms with Crippen LogP contribution in [0, 0.1) is 25.2 Å². The monoisotopic (exact) mass is 509 g/mol. The summed E-state index contributed by atoms with van der Waals surface area (Å²) >= 11 is 1.69. The number of hydrogen-bond acceptors (Lipinski definition) is 3. The molecule has 190 valence electrons. The molecule has 0 radical (unpaired) electrons. The molecule has 5 heteroatoms. The van der Waals surface area contributed by atoms with Gasteiger partial charge in [-0.2, -0.15) is 0 Å². The zero-order valence-corrected chi connectivity index (χ0v) is 23.2. The molecule has 4 nitrogen and oxygen atoms in total. The highest BCUT2D eigenvalue weighted by Crippen LogP contribution is 2.45. The third-order valence-corrected chi connectivity index (χ3v) is 8.70. The molecule has 1 N–H and O–H groups in total. The highest BCUT2D eigenvalue weighted by molar-refractivity contribution is 7.16. The smallest absolute Gasteiger partial charge is 0.259 e. The molecule has 0 saturated carbocycles. The number of hydrogen-bond donors (Lipinski definition) is 1. The molecular weight excluding hydrogens is 474 g/mol. The quantitative estimate of drug-likeness (QED) is 0.270. The average molecular weight is 510 g/mol. The van der Waals surface area contributed by atoms with Gasteiger partial charge in [0.2, 0.25) is 0 Å². The van der Waals surface area contributed by atoms with E-state index in [1.165, 1.54) is 10.4 Å². The minimum absolute atomic E-state index is 0.0696. The van der Waals surface area contributed by atoms with Gasteiger partial charge in [-0.15, -0.1) is 11.3 Å². The van der Waals surface area contributed by atoms with Crippen LogP contribution in [-0.2, 0) is 12.8 Å². The normalized spacial score (nSPS) is 15.6. The predicted octanol–water partition coefficient (Wildman–Crippen LogP) is 8.31. The van der Waals surface area contributed by atoms with Crippen LogP contribution in [0.3, 0.4) is 0 Å². The topological polar surface area (TPSA) is 46.4 Å². The number of carbonyl (C=O) groups is 1. The lowest BCUT2D eigenvalue weighted by Gasteiger charge is -2.33. The number of carbonyl (C=O) groups excluding carboxylic acids is 1. The van der Waals surface area contributed by atoms with Gasteiger partial charge in [0.1, 0.15) is 5.00 Å². The van der Waals surface area contributed by atoms with Crippen molar-refractivity contribution in [3.8, 4) is 5.69 Å².